The molecule has 16 heavy (non-hydrogen) atoms. The van der Waals surface area contributed by atoms with Crippen molar-refractivity contribution in [2.45, 2.75) is 25.2 Å². The van der Waals surface area contributed by atoms with E-state index in [1.54, 1.807) is 0 Å². The molecular formula is C13H14N2O. The van der Waals surface area contributed by atoms with E-state index >= 15 is 0 Å². The average molecular weight is 214 g/mol. The van der Waals surface area contributed by atoms with E-state index in [2.05, 4.69) is 4.98 Å². The smallest absolute Gasteiger partial charge is 0.199 e. The third-order valence-corrected chi connectivity index (χ3v) is 4.16. The number of aromatic nitrogens is 1. The van der Waals surface area contributed by atoms with Gasteiger partial charge in [-0.25, -0.2) is 4.98 Å². The summed E-state index contributed by atoms with van der Waals surface area (Å²) >= 11 is 0. The lowest BCUT2D eigenvalue weighted by Crippen LogP contribution is -1.88. The number of anilines is 1. The van der Waals surface area contributed by atoms with Crippen LogP contribution < -0.4 is 5.73 Å². The SMILES string of the molecule is Nc1cccc2oc(C3C4CCCC43)nc12. The molecule has 2 fully saturated rings. The topological polar surface area (TPSA) is 52.0 Å². The Labute approximate surface area is 93.6 Å². The number of hydrogen-bond donors (Lipinski definition) is 1. The van der Waals surface area contributed by atoms with Crippen molar-refractivity contribution < 1.29 is 4.42 Å². The molecule has 3 nitrogen and oxygen atoms in total. The largest absolute Gasteiger partial charge is 0.440 e. The van der Waals surface area contributed by atoms with Gasteiger partial charge in [-0.05, 0) is 36.8 Å². The van der Waals surface area contributed by atoms with E-state index in [4.69, 9.17) is 10.2 Å². The summed E-state index contributed by atoms with van der Waals surface area (Å²) in [6.45, 7) is 0. The lowest BCUT2D eigenvalue weighted by Gasteiger charge is -1.95. The van der Waals surface area contributed by atoms with E-state index in [1.165, 1.54) is 19.3 Å². The number of hydrogen-bond acceptors (Lipinski definition) is 3. The Hall–Kier alpha value is -1.51. The summed E-state index contributed by atoms with van der Waals surface area (Å²) in [4.78, 5) is 4.57. The van der Waals surface area contributed by atoms with Gasteiger partial charge in [0.05, 0.1) is 5.69 Å². The molecule has 0 saturated heterocycles. The summed E-state index contributed by atoms with van der Waals surface area (Å²) in [6.07, 6.45) is 4.08. The van der Waals surface area contributed by atoms with Crippen LogP contribution in [-0.2, 0) is 0 Å². The molecule has 4 rings (SSSR count). The maximum Gasteiger partial charge on any atom is 0.199 e. The van der Waals surface area contributed by atoms with E-state index in [-0.39, 0.29) is 0 Å². The Morgan fingerprint density at radius 3 is 2.81 bits per heavy atom. The lowest BCUT2D eigenvalue weighted by molar-refractivity contribution is 0.498. The van der Waals surface area contributed by atoms with Gasteiger partial charge in [-0.1, -0.05) is 12.5 Å². The highest BCUT2D eigenvalue weighted by molar-refractivity contribution is 5.85. The summed E-state index contributed by atoms with van der Waals surface area (Å²) < 4.78 is 5.82. The van der Waals surface area contributed by atoms with Crippen LogP contribution in [0.15, 0.2) is 22.6 Å². The first kappa shape index (κ1) is 8.62. The molecule has 82 valence electrons. The normalized spacial score (nSPS) is 31.9. The first-order valence-electron chi connectivity index (χ1n) is 5.99. The summed E-state index contributed by atoms with van der Waals surface area (Å²) in [7, 11) is 0. The number of nitrogen functional groups attached to an aromatic ring is 1. The molecule has 1 aromatic heterocycles. The van der Waals surface area contributed by atoms with Crippen LogP contribution in [0.4, 0.5) is 5.69 Å². The van der Waals surface area contributed by atoms with Gasteiger partial charge in [0.2, 0.25) is 0 Å². The number of nitrogens with two attached hydrogens (primary N) is 1. The number of benzene rings is 1. The van der Waals surface area contributed by atoms with E-state index < -0.39 is 0 Å². The zero-order valence-corrected chi connectivity index (χ0v) is 9.02. The molecule has 0 amide bonds. The minimum atomic E-state index is 0.584. The van der Waals surface area contributed by atoms with Gasteiger partial charge < -0.3 is 10.2 Å². The van der Waals surface area contributed by atoms with Gasteiger partial charge in [0.15, 0.2) is 11.5 Å². The Kier molecular flexibility index (Phi) is 1.50. The van der Waals surface area contributed by atoms with Crippen molar-refractivity contribution in [1.29, 1.82) is 0 Å². The minimum Gasteiger partial charge on any atom is -0.440 e. The maximum atomic E-state index is 5.88. The van der Waals surface area contributed by atoms with Crippen LogP contribution in [0, 0.1) is 11.8 Å². The fraction of sp³-hybridized carbons (Fsp3) is 0.462. The van der Waals surface area contributed by atoms with Crippen molar-refractivity contribution in [3.05, 3.63) is 24.1 Å². The van der Waals surface area contributed by atoms with Crippen LogP contribution in [0.5, 0.6) is 0 Å². The second kappa shape index (κ2) is 2.78. The van der Waals surface area contributed by atoms with Gasteiger partial charge in [-0.2, -0.15) is 0 Å². The first-order chi connectivity index (χ1) is 7.84. The van der Waals surface area contributed by atoms with Gasteiger partial charge in [0.25, 0.3) is 0 Å². The molecule has 0 radical (unpaired) electrons. The highest BCUT2D eigenvalue weighted by Gasteiger charge is 2.55. The van der Waals surface area contributed by atoms with Crippen LogP contribution in [0.3, 0.4) is 0 Å². The van der Waals surface area contributed by atoms with E-state index in [0.29, 0.717) is 5.92 Å². The van der Waals surface area contributed by atoms with Gasteiger partial charge in [-0.15, -0.1) is 0 Å². The Morgan fingerprint density at radius 1 is 1.25 bits per heavy atom. The zero-order chi connectivity index (χ0) is 10.7. The predicted molar refractivity (Wildman–Crippen MR) is 62.0 cm³/mol. The van der Waals surface area contributed by atoms with Crippen molar-refractivity contribution in [2.75, 3.05) is 5.73 Å². The fourth-order valence-electron chi connectivity index (χ4n) is 3.32. The molecule has 2 aliphatic carbocycles. The molecule has 2 atom stereocenters. The molecule has 0 aliphatic heterocycles. The maximum absolute atomic E-state index is 5.88. The average Bonchev–Trinajstić information content (AvgIpc) is 2.72. The lowest BCUT2D eigenvalue weighted by atomic mass is 10.1. The van der Waals surface area contributed by atoms with Crippen molar-refractivity contribution in [1.82, 2.24) is 4.98 Å². The van der Waals surface area contributed by atoms with E-state index in [1.807, 2.05) is 18.2 Å². The molecule has 1 aromatic carbocycles. The quantitative estimate of drug-likeness (QED) is 0.742. The number of oxazole rings is 1. The van der Waals surface area contributed by atoms with Crippen LogP contribution in [0.25, 0.3) is 11.1 Å². The Bertz CT molecular complexity index is 550. The zero-order valence-electron chi connectivity index (χ0n) is 9.02. The Balaban J connectivity index is 1.79. The summed E-state index contributed by atoms with van der Waals surface area (Å²) in [5.41, 5.74) is 8.27. The number of fused-ring (bicyclic) bond motifs is 2. The second-order valence-electron chi connectivity index (χ2n) is 5.03. The van der Waals surface area contributed by atoms with Crippen molar-refractivity contribution in [3.8, 4) is 0 Å². The van der Waals surface area contributed by atoms with Crippen LogP contribution in [-0.4, -0.2) is 4.98 Å². The monoisotopic (exact) mass is 214 g/mol. The van der Waals surface area contributed by atoms with Crippen LogP contribution >= 0.6 is 0 Å². The van der Waals surface area contributed by atoms with E-state index in [9.17, 15) is 0 Å². The number of rotatable bonds is 1. The molecule has 2 N–H and O–H groups in total. The molecular weight excluding hydrogens is 200 g/mol. The number of nitrogens with zero attached hydrogens (tertiary/aromatic N) is 1. The van der Waals surface area contributed by atoms with Gasteiger partial charge in [0, 0.05) is 5.92 Å². The molecule has 2 aliphatic rings. The molecule has 2 aromatic rings. The molecule has 3 heteroatoms. The third-order valence-electron chi connectivity index (χ3n) is 4.16. The molecule has 1 heterocycles. The van der Waals surface area contributed by atoms with Gasteiger partial charge >= 0.3 is 0 Å². The molecule has 0 bridgehead atoms. The number of para-hydroxylation sites is 1. The minimum absolute atomic E-state index is 0.584. The standard InChI is InChI=1S/C13H14N2O/c14-9-5-2-6-10-12(9)15-13(16-10)11-7-3-1-4-8(7)11/h2,5-8,11H,1,3-4,14H2. The van der Waals surface area contributed by atoms with Crippen LogP contribution in [0.1, 0.15) is 31.1 Å². The van der Waals surface area contributed by atoms with Crippen molar-refractivity contribution >= 4 is 16.8 Å². The highest BCUT2D eigenvalue weighted by Crippen LogP contribution is 2.63. The predicted octanol–water partition coefficient (Wildman–Crippen LogP) is 2.92. The molecule has 2 saturated carbocycles. The highest BCUT2D eigenvalue weighted by atomic mass is 16.3. The van der Waals surface area contributed by atoms with Crippen LogP contribution in [0.2, 0.25) is 0 Å². The van der Waals surface area contributed by atoms with Gasteiger partial charge in [-0.3, -0.25) is 0 Å². The molecule has 2 unspecified atom stereocenters. The fourth-order valence-corrected chi connectivity index (χ4v) is 3.32. The third kappa shape index (κ3) is 1.01. The molecule has 0 spiro atoms. The Morgan fingerprint density at radius 2 is 2.06 bits per heavy atom. The van der Waals surface area contributed by atoms with Crippen molar-refractivity contribution in [2.24, 2.45) is 11.8 Å². The van der Waals surface area contributed by atoms with Crippen molar-refractivity contribution in [3.63, 3.8) is 0 Å². The summed E-state index contributed by atoms with van der Waals surface area (Å²) in [6, 6.07) is 5.74. The van der Waals surface area contributed by atoms with E-state index in [0.717, 1.165) is 34.5 Å². The summed E-state index contributed by atoms with van der Waals surface area (Å²) in [5.74, 6) is 3.19. The van der Waals surface area contributed by atoms with Gasteiger partial charge in [0.1, 0.15) is 5.52 Å². The second-order valence-corrected chi connectivity index (χ2v) is 5.03. The first-order valence-corrected chi connectivity index (χ1v) is 5.99. The summed E-state index contributed by atoms with van der Waals surface area (Å²) in [5, 5.41) is 0.